The van der Waals surface area contributed by atoms with Crippen LogP contribution in [0, 0.1) is 17.3 Å². The van der Waals surface area contributed by atoms with Crippen LogP contribution >= 0.6 is 11.6 Å². The number of rotatable bonds is 11. The molecule has 2 saturated heterocycles. The predicted molar refractivity (Wildman–Crippen MR) is 232 cm³/mol. The van der Waals surface area contributed by atoms with Crippen LogP contribution in [0.1, 0.15) is 70.2 Å². The van der Waals surface area contributed by atoms with Crippen molar-refractivity contribution in [3.05, 3.63) is 77.3 Å². The molecule has 342 valence electrons. The number of aromatic nitrogens is 3. The SMILES string of the molecule is COC(=O)N[C@H](C(=O)N1C[C@@H](C(N)=O)C[C@H]1c1nc(-c2ccc(-c3cc(Cl)c(NC(=O)c4ccc(N5CCN(C(=O)C(C)(C)C)CC5C)nc4)cc3OC(F)(F)F)cc2)c[nH]1)C(C)C. The number of alkyl carbamates (subject to hydrolysis) is 1. The molecule has 2 aromatic carbocycles. The quantitative estimate of drug-likeness (QED) is 0.124. The third-order valence-electron chi connectivity index (χ3n) is 11.2. The summed E-state index contributed by atoms with van der Waals surface area (Å²) < 4.78 is 50.5. The fourth-order valence-corrected chi connectivity index (χ4v) is 8.04. The number of imidazole rings is 1. The standard InChI is InChI=1S/C44H51ClF3N9O7/c1-23(2)36(54-42(62)63-7)40(60)57-22-28(37(49)58)16-33(57)38-51-20-32(52-38)26-10-8-25(9-11-26)29-17-30(45)31(18-34(29)64-44(46,47)48)53-39(59)27-12-13-35(50-19-27)56-15-14-55(21-24(56)3)41(61)43(4,5)6/h8-13,17-20,23-24,28,33,36H,14-16,21-22H2,1-7H3,(H2,49,58)(H,51,52)(H,53,59)(H,54,62)/t24?,28-,33-,36-/m0/s1. The largest absolute Gasteiger partial charge is 0.573 e. The zero-order valence-corrected chi connectivity index (χ0v) is 37.1. The number of likely N-dealkylation sites (tertiary alicyclic amines) is 1. The smallest absolute Gasteiger partial charge is 0.453 e. The van der Waals surface area contributed by atoms with E-state index in [4.69, 9.17) is 27.1 Å². The lowest BCUT2D eigenvalue weighted by Crippen LogP contribution is -2.56. The van der Waals surface area contributed by atoms with Gasteiger partial charge in [0.05, 0.1) is 41.0 Å². The number of nitrogens with two attached hydrogens (primary N) is 1. The van der Waals surface area contributed by atoms with Gasteiger partial charge in [0.25, 0.3) is 5.91 Å². The summed E-state index contributed by atoms with van der Waals surface area (Å²) in [5, 5.41) is 5.06. The fraction of sp³-hybridized carbons (Fsp3) is 0.432. The van der Waals surface area contributed by atoms with Crippen molar-refractivity contribution in [1.29, 1.82) is 0 Å². The number of aromatic amines is 1. The maximum absolute atomic E-state index is 13.8. The van der Waals surface area contributed by atoms with Gasteiger partial charge in [0, 0.05) is 67.2 Å². The van der Waals surface area contributed by atoms with Crippen LogP contribution in [0.4, 0.5) is 29.5 Å². The van der Waals surface area contributed by atoms with Crippen LogP contribution in [0.15, 0.2) is 60.9 Å². The molecule has 4 heterocycles. The highest BCUT2D eigenvalue weighted by molar-refractivity contribution is 6.34. The lowest BCUT2D eigenvalue weighted by molar-refractivity contribution is -0.274. The Kier molecular flexibility index (Phi) is 13.8. The summed E-state index contributed by atoms with van der Waals surface area (Å²) in [5.41, 5.74) is 6.40. The number of H-pyrrole nitrogens is 1. The number of benzene rings is 2. The molecular formula is C44H51ClF3N9O7. The van der Waals surface area contributed by atoms with Gasteiger partial charge in [-0.05, 0) is 43.0 Å². The fourth-order valence-electron chi connectivity index (χ4n) is 7.82. The molecule has 0 bridgehead atoms. The average molecular weight is 910 g/mol. The van der Waals surface area contributed by atoms with Crippen LogP contribution in [0.3, 0.4) is 0 Å². The summed E-state index contributed by atoms with van der Waals surface area (Å²) >= 11 is 6.58. The normalized spacial score (nSPS) is 18.4. The number of primary amides is 1. The Hall–Kier alpha value is -6.37. The van der Waals surface area contributed by atoms with Crippen molar-refractivity contribution in [2.24, 2.45) is 23.0 Å². The minimum Gasteiger partial charge on any atom is -0.453 e. The molecule has 6 rings (SSSR count). The molecule has 0 radical (unpaired) electrons. The number of pyridine rings is 1. The topological polar surface area (TPSA) is 205 Å². The number of carbonyl (C=O) groups excluding carboxylic acids is 5. The number of carbonyl (C=O) groups is 5. The van der Waals surface area contributed by atoms with E-state index in [2.05, 4.69) is 25.3 Å². The van der Waals surface area contributed by atoms with E-state index in [9.17, 15) is 37.1 Å². The summed E-state index contributed by atoms with van der Waals surface area (Å²) in [4.78, 5) is 81.8. The van der Waals surface area contributed by atoms with E-state index < -0.39 is 59.3 Å². The summed E-state index contributed by atoms with van der Waals surface area (Å²) in [6, 6.07) is 10.1. The van der Waals surface area contributed by atoms with Crippen molar-refractivity contribution in [3.8, 4) is 28.1 Å². The highest BCUT2D eigenvalue weighted by Crippen LogP contribution is 2.41. The minimum atomic E-state index is -5.09. The van der Waals surface area contributed by atoms with Crippen LogP contribution in [0.25, 0.3) is 22.4 Å². The molecule has 0 saturated carbocycles. The molecule has 2 aromatic heterocycles. The van der Waals surface area contributed by atoms with Crippen LogP contribution in [0.2, 0.25) is 5.02 Å². The van der Waals surface area contributed by atoms with Crippen LogP contribution in [-0.4, -0.2) is 106 Å². The molecule has 16 nitrogen and oxygen atoms in total. The minimum absolute atomic E-state index is 0.00844. The summed E-state index contributed by atoms with van der Waals surface area (Å²) in [6.45, 7) is 12.7. The zero-order valence-electron chi connectivity index (χ0n) is 36.4. The van der Waals surface area contributed by atoms with Gasteiger partial charge in [-0.3, -0.25) is 19.2 Å². The van der Waals surface area contributed by atoms with Gasteiger partial charge < -0.3 is 45.5 Å². The second kappa shape index (κ2) is 18.8. The first-order valence-corrected chi connectivity index (χ1v) is 21.0. The Bertz CT molecular complexity index is 2390. The third-order valence-corrected chi connectivity index (χ3v) is 11.5. The first kappa shape index (κ1) is 47.1. The van der Waals surface area contributed by atoms with Crippen molar-refractivity contribution in [2.45, 2.75) is 72.5 Å². The van der Waals surface area contributed by atoms with Crippen molar-refractivity contribution in [1.82, 2.24) is 30.1 Å². The van der Waals surface area contributed by atoms with Gasteiger partial charge >= 0.3 is 12.5 Å². The molecule has 2 fully saturated rings. The monoisotopic (exact) mass is 909 g/mol. The molecule has 5 N–H and O–H groups in total. The molecule has 4 aromatic rings. The third kappa shape index (κ3) is 10.7. The van der Waals surface area contributed by atoms with Gasteiger partial charge in [0.15, 0.2) is 0 Å². The van der Waals surface area contributed by atoms with E-state index in [0.717, 1.165) is 6.07 Å². The molecule has 5 amide bonds. The van der Waals surface area contributed by atoms with Crippen molar-refractivity contribution in [3.63, 3.8) is 0 Å². The summed E-state index contributed by atoms with van der Waals surface area (Å²) in [7, 11) is 1.18. The first-order valence-electron chi connectivity index (χ1n) is 20.6. The number of nitrogens with one attached hydrogen (secondary N) is 3. The molecule has 0 aliphatic carbocycles. The molecular weight excluding hydrogens is 859 g/mol. The lowest BCUT2D eigenvalue weighted by atomic mass is 9.94. The van der Waals surface area contributed by atoms with E-state index >= 15 is 0 Å². The molecule has 4 atom stereocenters. The van der Waals surface area contributed by atoms with Crippen molar-refractivity contribution in [2.75, 3.05) is 43.5 Å². The van der Waals surface area contributed by atoms with E-state index in [-0.39, 0.29) is 52.7 Å². The molecule has 0 spiro atoms. The number of anilines is 2. The molecule has 2 aliphatic heterocycles. The number of methoxy groups -OCH3 is 1. The Morgan fingerprint density at radius 2 is 1.67 bits per heavy atom. The average Bonchev–Trinajstić information content (AvgIpc) is 3.91. The number of piperazine rings is 1. The zero-order chi connectivity index (χ0) is 46.8. The number of hydrogen-bond acceptors (Lipinski definition) is 10. The maximum Gasteiger partial charge on any atom is 0.573 e. The highest BCUT2D eigenvalue weighted by Gasteiger charge is 2.43. The van der Waals surface area contributed by atoms with Crippen LogP contribution in [-0.2, 0) is 19.1 Å². The predicted octanol–water partition coefficient (Wildman–Crippen LogP) is 6.78. The molecule has 1 unspecified atom stereocenters. The van der Waals surface area contributed by atoms with Gasteiger partial charge in [0.2, 0.25) is 17.7 Å². The summed E-state index contributed by atoms with van der Waals surface area (Å²) in [5.74, 6) is -2.31. The van der Waals surface area contributed by atoms with Gasteiger partial charge in [-0.15, -0.1) is 13.2 Å². The van der Waals surface area contributed by atoms with Crippen LogP contribution < -0.4 is 26.0 Å². The highest BCUT2D eigenvalue weighted by atomic mass is 35.5. The van der Waals surface area contributed by atoms with Gasteiger partial charge in [-0.25, -0.2) is 14.8 Å². The first-order chi connectivity index (χ1) is 30.0. The number of amides is 5. The van der Waals surface area contributed by atoms with Crippen molar-refractivity contribution >= 4 is 52.8 Å². The van der Waals surface area contributed by atoms with E-state index in [1.54, 1.807) is 56.4 Å². The van der Waals surface area contributed by atoms with Gasteiger partial charge in [-0.1, -0.05) is 70.5 Å². The van der Waals surface area contributed by atoms with E-state index in [1.807, 2.05) is 37.5 Å². The number of hydrogen-bond donors (Lipinski definition) is 4. The second-order valence-electron chi connectivity index (χ2n) is 17.2. The maximum atomic E-state index is 13.8. The number of ether oxygens (including phenoxy) is 2. The number of halogens is 4. The Balaban J connectivity index is 1.18. The number of nitrogens with zero attached hydrogens (tertiary/aromatic N) is 5. The Morgan fingerprint density at radius 1 is 0.984 bits per heavy atom. The lowest BCUT2D eigenvalue weighted by Gasteiger charge is -2.42. The van der Waals surface area contributed by atoms with Gasteiger partial charge in [-0.2, -0.15) is 0 Å². The van der Waals surface area contributed by atoms with E-state index in [0.29, 0.717) is 48.1 Å². The van der Waals surface area contributed by atoms with Crippen molar-refractivity contribution < 1.29 is 46.6 Å². The molecule has 64 heavy (non-hydrogen) atoms. The Morgan fingerprint density at radius 3 is 2.25 bits per heavy atom. The number of alkyl halides is 3. The Labute approximate surface area is 373 Å². The van der Waals surface area contributed by atoms with E-state index in [1.165, 1.54) is 24.3 Å². The van der Waals surface area contributed by atoms with Crippen LogP contribution in [0.5, 0.6) is 5.75 Å². The van der Waals surface area contributed by atoms with Gasteiger partial charge in [0.1, 0.15) is 23.4 Å². The molecule has 20 heteroatoms. The molecule has 2 aliphatic rings. The summed E-state index contributed by atoms with van der Waals surface area (Å²) in [6.07, 6.45) is -2.75. The second-order valence-corrected chi connectivity index (χ2v) is 17.6.